The number of hydrogen-bond donors (Lipinski definition) is 2. The van der Waals surface area contributed by atoms with E-state index < -0.39 is 17.7 Å². The number of likely N-dealkylation sites (tertiary alicyclic amines) is 1. The minimum atomic E-state index is -0.662. The van der Waals surface area contributed by atoms with Gasteiger partial charge in [-0.05, 0) is 29.8 Å². The number of ketones is 1. The zero-order valence-electron chi connectivity index (χ0n) is 15.3. The quantitative estimate of drug-likeness (QED) is 0.469. The van der Waals surface area contributed by atoms with Crippen LogP contribution in [-0.2, 0) is 9.59 Å². The lowest BCUT2D eigenvalue weighted by atomic mass is 9.95. The number of hydrogen-bond acceptors (Lipinski definition) is 3. The number of quaternary nitrogens is 1. The number of carbonyl (C=O) groups excluding carboxylic acids is 2. The van der Waals surface area contributed by atoms with Gasteiger partial charge in [0.15, 0.2) is 0 Å². The number of carbonyl (C=O) groups is 2. The first kappa shape index (κ1) is 19.1. The molecular formula is C21H22ClN2O3+. The van der Waals surface area contributed by atoms with Crippen molar-refractivity contribution in [2.45, 2.75) is 6.04 Å². The van der Waals surface area contributed by atoms with Gasteiger partial charge in [-0.3, -0.25) is 9.59 Å². The SMILES string of the molecule is C[NH+](C)CCN1C(=O)C(=O)C(=C(O)c2ccc(Cl)cc2)[C@@H]1c1ccccc1. The minimum Gasteiger partial charge on any atom is -0.507 e. The summed E-state index contributed by atoms with van der Waals surface area (Å²) < 4.78 is 0. The zero-order valence-corrected chi connectivity index (χ0v) is 16.0. The summed E-state index contributed by atoms with van der Waals surface area (Å²) in [6.45, 7) is 1.11. The normalized spacial score (nSPS) is 19.1. The number of Topliss-reactive ketones (excluding diaryl/α,β-unsaturated/α-hetero) is 1. The molecule has 6 heteroatoms. The maximum absolute atomic E-state index is 12.8. The first-order chi connectivity index (χ1) is 12.9. The van der Waals surface area contributed by atoms with Crippen LogP contribution in [0.1, 0.15) is 17.2 Å². The molecule has 0 unspecified atom stereocenters. The third kappa shape index (κ3) is 3.89. The topological polar surface area (TPSA) is 62.0 Å². The van der Waals surface area contributed by atoms with Crippen LogP contribution in [0.25, 0.3) is 5.76 Å². The van der Waals surface area contributed by atoms with Gasteiger partial charge in [0.2, 0.25) is 0 Å². The second-order valence-corrected chi connectivity index (χ2v) is 7.30. The summed E-state index contributed by atoms with van der Waals surface area (Å²) in [5.74, 6) is -1.43. The van der Waals surface area contributed by atoms with Crippen molar-refractivity contribution in [2.24, 2.45) is 0 Å². The lowest BCUT2D eigenvalue weighted by Gasteiger charge is -2.25. The largest absolute Gasteiger partial charge is 0.507 e. The standard InChI is InChI=1S/C21H21ClN2O3/c1-23(2)12-13-24-18(14-6-4-3-5-7-14)17(20(26)21(24)27)19(25)15-8-10-16(22)11-9-15/h3-11,18,25H,12-13H2,1-2H3/p+1/t18-/m0/s1. The third-order valence-corrected chi connectivity index (χ3v) is 4.88. The van der Waals surface area contributed by atoms with E-state index in [1.54, 1.807) is 29.2 Å². The molecule has 2 aromatic carbocycles. The van der Waals surface area contributed by atoms with E-state index in [1.807, 2.05) is 44.4 Å². The summed E-state index contributed by atoms with van der Waals surface area (Å²) in [7, 11) is 3.98. The highest BCUT2D eigenvalue weighted by atomic mass is 35.5. The molecule has 1 heterocycles. The molecule has 1 saturated heterocycles. The van der Waals surface area contributed by atoms with Crippen molar-refractivity contribution >= 4 is 29.1 Å². The number of benzene rings is 2. The van der Waals surface area contributed by atoms with Gasteiger partial charge < -0.3 is 14.9 Å². The van der Waals surface area contributed by atoms with Crippen molar-refractivity contribution in [2.75, 3.05) is 27.2 Å². The van der Waals surface area contributed by atoms with Gasteiger partial charge in [0.05, 0.1) is 38.8 Å². The van der Waals surface area contributed by atoms with Crippen molar-refractivity contribution in [3.05, 3.63) is 76.3 Å². The Kier molecular flexibility index (Phi) is 5.63. The molecule has 5 nitrogen and oxygen atoms in total. The Labute approximate surface area is 163 Å². The van der Waals surface area contributed by atoms with E-state index >= 15 is 0 Å². The Morgan fingerprint density at radius 2 is 1.70 bits per heavy atom. The Morgan fingerprint density at radius 3 is 2.30 bits per heavy atom. The minimum absolute atomic E-state index is 0.113. The summed E-state index contributed by atoms with van der Waals surface area (Å²) in [6.07, 6.45) is 0. The van der Waals surface area contributed by atoms with Gasteiger partial charge in [-0.2, -0.15) is 0 Å². The van der Waals surface area contributed by atoms with Crippen LogP contribution in [0.3, 0.4) is 0 Å². The zero-order chi connectivity index (χ0) is 19.6. The molecule has 1 amide bonds. The summed E-state index contributed by atoms with van der Waals surface area (Å²) in [6, 6.07) is 15.2. The molecule has 0 aromatic heterocycles. The van der Waals surface area contributed by atoms with Gasteiger partial charge >= 0.3 is 0 Å². The summed E-state index contributed by atoms with van der Waals surface area (Å²) in [5.41, 5.74) is 1.36. The predicted molar refractivity (Wildman–Crippen MR) is 105 cm³/mol. The van der Waals surface area contributed by atoms with Gasteiger partial charge in [-0.25, -0.2) is 0 Å². The molecule has 0 radical (unpaired) electrons. The molecule has 3 rings (SSSR count). The smallest absolute Gasteiger partial charge is 0.295 e. The summed E-state index contributed by atoms with van der Waals surface area (Å²) in [5, 5.41) is 11.4. The lowest BCUT2D eigenvalue weighted by Crippen LogP contribution is -3.06. The average molecular weight is 386 g/mol. The van der Waals surface area contributed by atoms with Crippen molar-refractivity contribution < 1.29 is 19.6 Å². The Bertz CT molecular complexity index is 876. The van der Waals surface area contributed by atoms with Crippen LogP contribution in [0, 0.1) is 0 Å². The Balaban J connectivity index is 2.12. The number of halogens is 1. The number of amides is 1. The highest BCUT2D eigenvalue weighted by molar-refractivity contribution is 6.46. The van der Waals surface area contributed by atoms with E-state index in [1.165, 1.54) is 4.90 Å². The van der Waals surface area contributed by atoms with Crippen molar-refractivity contribution in [3.63, 3.8) is 0 Å². The molecule has 1 fully saturated rings. The van der Waals surface area contributed by atoms with Gasteiger partial charge in [0, 0.05) is 10.6 Å². The first-order valence-corrected chi connectivity index (χ1v) is 9.16. The monoisotopic (exact) mass is 385 g/mol. The first-order valence-electron chi connectivity index (χ1n) is 8.78. The summed E-state index contributed by atoms with van der Waals surface area (Å²) in [4.78, 5) is 28.2. The number of aliphatic hydroxyl groups excluding tert-OH is 1. The molecule has 2 N–H and O–H groups in total. The van der Waals surface area contributed by atoms with Crippen LogP contribution < -0.4 is 4.90 Å². The third-order valence-electron chi connectivity index (χ3n) is 4.63. The molecule has 27 heavy (non-hydrogen) atoms. The fourth-order valence-electron chi connectivity index (χ4n) is 3.20. The molecule has 1 atom stereocenters. The van der Waals surface area contributed by atoms with E-state index in [0.29, 0.717) is 23.7 Å². The number of rotatable bonds is 5. The number of nitrogens with zero attached hydrogens (tertiary/aromatic N) is 1. The molecular weight excluding hydrogens is 364 g/mol. The van der Waals surface area contributed by atoms with E-state index in [0.717, 1.165) is 5.56 Å². The van der Waals surface area contributed by atoms with E-state index in [-0.39, 0.29) is 11.3 Å². The highest BCUT2D eigenvalue weighted by Gasteiger charge is 2.46. The second kappa shape index (κ2) is 7.94. The molecule has 0 aliphatic carbocycles. The average Bonchev–Trinajstić information content (AvgIpc) is 2.91. The van der Waals surface area contributed by atoms with Crippen LogP contribution in [0.5, 0.6) is 0 Å². The number of likely N-dealkylation sites (N-methyl/N-ethyl adjacent to an activating group) is 1. The van der Waals surface area contributed by atoms with Gasteiger partial charge in [0.1, 0.15) is 5.76 Å². The second-order valence-electron chi connectivity index (χ2n) is 6.87. The van der Waals surface area contributed by atoms with Crippen LogP contribution >= 0.6 is 11.6 Å². The van der Waals surface area contributed by atoms with Crippen molar-refractivity contribution in [3.8, 4) is 0 Å². The van der Waals surface area contributed by atoms with E-state index in [4.69, 9.17) is 11.6 Å². The lowest BCUT2D eigenvalue weighted by molar-refractivity contribution is -0.857. The van der Waals surface area contributed by atoms with Crippen LogP contribution in [-0.4, -0.2) is 48.9 Å². The Morgan fingerprint density at radius 1 is 1.07 bits per heavy atom. The highest BCUT2D eigenvalue weighted by Crippen LogP contribution is 2.39. The van der Waals surface area contributed by atoms with Gasteiger partial charge in [0.25, 0.3) is 11.7 Å². The van der Waals surface area contributed by atoms with Gasteiger partial charge in [-0.15, -0.1) is 0 Å². The van der Waals surface area contributed by atoms with Crippen molar-refractivity contribution in [1.82, 2.24) is 4.90 Å². The predicted octanol–water partition coefficient (Wildman–Crippen LogP) is 1.91. The van der Waals surface area contributed by atoms with Crippen molar-refractivity contribution in [1.29, 1.82) is 0 Å². The molecule has 140 valence electrons. The Hall–Kier alpha value is -2.63. The van der Waals surface area contributed by atoms with E-state index in [9.17, 15) is 14.7 Å². The number of aliphatic hydroxyl groups is 1. The van der Waals surface area contributed by atoms with Crippen LogP contribution in [0.2, 0.25) is 5.02 Å². The van der Waals surface area contributed by atoms with E-state index in [2.05, 4.69) is 0 Å². The maximum Gasteiger partial charge on any atom is 0.295 e. The molecule has 1 aliphatic rings. The fourth-order valence-corrected chi connectivity index (χ4v) is 3.33. The molecule has 0 saturated carbocycles. The van der Waals surface area contributed by atoms with Gasteiger partial charge in [-0.1, -0.05) is 41.9 Å². The van der Waals surface area contributed by atoms with Crippen LogP contribution in [0.4, 0.5) is 0 Å². The molecule has 1 aliphatic heterocycles. The number of nitrogens with one attached hydrogen (secondary N) is 1. The molecule has 2 aromatic rings. The van der Waals surface area contributed by atoms with Crippen LogP contribution in [0.15, 0.2) is 60.2 Å². The fraction of sp³-hybridized carbons (Fsp3) is 0.238. The molecule has 0 spiro atoms. The summed E-state index contributed by atoms with van der Waals surface area (Å²) >= 11 is 5.92. The maximum atomic E-state index is 12.8. The molecule has 0 bridgehead atoms.